The van der Waals surface area contributed by atoms with Gasteiger partial charge in [0.25, 0.3) is 0 Å². The first-order chi connectivity index (χ1) is 8.21. The molecule has 1 amide bonds. The number of alkyl halides is 3. The van der Waals surface area contributed by atoms with Gasteiger partial charge < -0.3 is 11.1 Å². The molecule has 0 saturated heterocycles. The van der Waals surface area contributed by atoms with Crippen LogP contribution in [0.3, 0.4) is 0 Å². The molecule has 0 aromatic rings. The number of carbonyl (C=O) groups is 1. The molecule has 0 aliphatic heterocycles. The minimum absolute atomic E-state index is 0.0877. The Bertz CT molecular complexity index is 376. The zero-order valence-electron chi connectivity index (χ0n) is 9.72. The Labute approximate surface area is 102 Å². The van der Waals surface area contributed by atoms with E-state index in [1.807, 2.05) is 0 Å². The molecule has 0 aromatic carbocycles. The summed E-state index contributed by atoms with van der Waals surface area (Å²) in [5.41, 5.74) is 5.63. The number of halogens is 3. The summed E-state index contributed by atoms with van der Waals surface area (Å²) in [4.78, 5) is 11.8. The number of nitrogens with one attached hydrogen (secondary N) is 1. The van der Waals surface area contributed by atoms with Crippen LogP contribution in [0.25, 0.3) is 0 Å². The zero-order chi connectivity index (χ0) is 13.2. The summed E-state index contributed by atoms with van der Waals surface area (Å²) in [5, 5.41) is 2.92. The van der Waals surface area contributed by atoms with Crippen molar-refractivity contribution in [3.05, 3.63) is 0 Å². The van der Waals surface area contributed by atoms with Crippen LogP contribution in [0.5, 0.6) is 0 Å². The molecule has 4 nitrogen and oxygen atoms in total. The first kappa shape index (κ1) is 12.2. The van der Waals surface area contributed by atoms with Gasteiger partial charge in [-0.15, -0.1) is 13.2 Å². The van der Waals surface area contributed by atoms with E-state index in [1.54, 1.807) is 0 Å². The van der Waals surface area contributed by atoms with Crippen LogP contribution >= 0.6 is 0 Å². The lowest BCUT2D eigenvalue weighted by Gasteiger charge is -2.68. The van der Waals surface area contributed by atoms with Crippen LogP contribution in [-0.2, 0) is 9.53 Å². The normalized spacial score (nSPS) is 44.9. The number of nitrogens with two attached hydrogens (primary N) is 1. The van der Waals surface area contributed by atoms with Gasteiger partial charge in [-0.05, 0) is 31.6 Å². The Morgan fingerprint density at radius 1 is 1.39 bits per heavy atom. The summed E-state index contributed by atoms with van der Waals surface area (Å²) < 4.78 is 39.2. The molecule has 4 aliphatic carbocycles. The van der Waals surface area contributed by atoms with Gasteiger partial charge in [-0.25, -0.2) is 0 Å². The molecule has 7 heteroatoms. The number of rotatable bonds is 4. The Balaban J connectivity index is 1.40. The zero-order valence-corrected chi connectivity index (χ0v) is 9.72. The predicted octanol–water partition coefficient (Wildman–Crippen LogP) is 0.909. The molecular weight excluding hydrogens is 249 g/mol. The molecule has 0 heterocycles. The van der Waals surface area contributed by atoms with E-state index in [2.05, 4.69) is 10.1 Å². The van der Waals surface area contributed by atoms with E-state index in [4.69, 9.17) is 5.73 Å². The Kier molecular flexibility index (Phi) is 2.30. The molecule has 0 aromatic heterocycles. The van der Waals surface area contributed by atoms with Gasteiger partial charge in [-0.2, -0.15) is 0 Å². The van der Waals surface area contributed by atoms with E-state index in [0.717, 1.165) is 19.3 Å². The largest absolute Gasteiger partial charge is 0.522 e. The molecule has 0 radical (unpaired) electrons. The SMILES string of the molecule is NC12CC(NC(=O)[C@@H]3C[C@@H]3COC(F)(F)F)(C1)C2. The van der Waals surface area contributed by atoms with Gasteiger partial charge in [0.15, 0.2) is 0 Å². The highest BCUT2D eigenvalue weighted by Crippen LogP contribution is 2.59. The van der Waals surface area contributed by atoms with Crippen LogP contribution in [0.4, 0.5) is 13.2 Å². The third-order valence-electron chi connectivity index (χ3n) is 4.18. The monoisotopic (exact) mass is 264 g/mol. The number of ether oxygens (including phenoxy) is 1. The Morgan fingerprint density at radius 3 is 2.50 bits per heavy atom. The molecule has 4 rings (SSSR count). The summed E-state index contributed by atoms with van der Waals surface area (Å²) in [6, 6.07) is 0. The average molecular weight is 264 g/mol. The first-order valence-electron chi connectivity index (χ1n) is 6.02. The van der Waals surface area contributed by atoms with E-state index in [9.17, 15) is 18.0 Å². The standard InChI is InChI=1S/C11H15F3N2O2/c12-11(13,14)18-2-6-1-7(6)8(17)16-10-3-9(15,4-10)5-10/h6-7H,1-5,15H2,(H,16,17)/t6-,7-,9?,10?/m1/s1. The second-order valence-electron chi connectivity index (χ2n) is 6.02. The van der Waals surface area contributed by atoms with Crippen molar-refractivity contribution in [2.45, 2.75) is 43.1 Å². The highest BCUT2D eigenvalue weighted by molar-refractivity contribution is 5.83. The van der Waals surface area contributed by atoms with Gasteiger partial charge >= 0.3 is 6.36 Å². The quantitative estimate of drug-likeness (QED) is 0.793. The van der Waals surface area contributed by atoms with Crippen LogP contribution in [0.15, 0.2) is 0 Å². The third kappa shape index (κ3) is 2.09. The van der Waals surface area contributed by atoms with Gasteiger partial charge in [0, 0.05) is 17.0 Å². The fraction of sp³-hybridized carbons (Fsp3) is 0.909. The second-order valence-corrected chi connectivity index (χ2v) is 6.02. The van der Waals surface area contributed by atoms with E-state index in [1.165, 1.54) is 0 Å². The highest BCUT2D eigenvalue weighted by Gasteiger charge is 2.67. The lowest BCUT2D eigenvalue weighted by atomic mass is 9.44. The van der Waals surface area contributed by atoms with Crippen LogP contribution in [0, 0.1) is 11.8 Å². The smallest absolute Gasteiger partial charge is 0.350 e. The van der Waals surface area contributed by atoms with E-state index in [0.29, 0.717) is 6.42 Å². The van der Waals surface area contributed by atoms with E-state index in [-0.39, 0.29) is 28.8 Å². The Morgan fingerprint density at radius 2 is 2.00 bits per heavy atom. The van der Waals surface area contributed by atoms with Crippen molar-refractivity contribution < 1.29 is 22.7 Å². The maximum atomic E-state index is 11.8. The van der Waals surface area contributed by atoms with Crippen LogP contribution < -0.4 is 11.1 Å². The summed E-state index contributed by atoms with van der Waals surface area (Å²) in [6.07, 6.45) is -1.75. The van der Waals surface area contributed by atoms with Gasteiger partial charge in [-0.3, -0.25) is 9.53 Å². The summed E-state index contributed by atoms with van der Waals surface area (Å²) in [7, 11) is 0. The number of amides is 1. The molecule has 0 spiro atoms. The van der Waals surface area contributed by atoms with Crippen molar-refractivity contribution in [1.82, 2.24) is 5.32 Å². The molecule has 0 unspecified atom stereocenters. The van der Waals surface area contributed by atoms with Crippen molar-refractivity contribution in [3.63, 3.8) is 0 Å². The van der Waals surface area contributed by atoms with Gasteiger partial charge in [0.1, 0.15) is 0 Å². The molecule has 2 atom stereocenters. The Hall–Kier alpha value is -0.820. The van der Waals surface area contributed by atoms with Crippen LogP contribution in [0.2, 0.25) is 0 Å². The maximum Gasteiger partial charge on any atom is 0.522 e. The third-order valence-corrected chi connectivity index (χ3v) is 4.18. The molecule has 4 saturated carbocycles. The minimum atomic E-state index is -4.61. The fourth-order valence-corrected chi connectivity index (χ4v) is 3.31. The van der Waals surface area contributed by atoms with Gasteiger partial charge in [-0.1, -0.05) is 0 Å². The summed E-state index contributed by atoms with van der Waals surface area (Å²) in [5.74, 6) is -0.770. The summed E-state index contributed by atoms with van der Waals surface area (Å²) >= 11 is 0. The number of hydrogen-bond donors (Lipinski definition) is 2. The first-order valence-corrected chi connectivity index (χ1v) is 6.02. The molecule has 2 bridgehead atoms. The fourth-order valence-electron chi connectivity index (χ4n) is 3.31. The van der Waals surface area contributed by atoms with Gasteiger partial charge in [0.2, 0.25) is 5.91 Å². The number of carbonyl (C=O) groups excluding carboxylic acids is 1. The molecule has 4 aliphatic rings. The molecule has 18 heavy (non-hydrogen) atoms. The topological polar surface area (TPSA) is 64.3 Å². The van der Waals surface area contributed by atoms with Crippen molar-refractivity contribution in [3.8, 4) is 0 Å². The van der Waals surface area contributed by atoms with Crippen LogP contribution in [-0.4, -0.2) is 30.0 Å². The molecule has 102 valence electrons. The maximum absolute atomic E-state index is 11.8. The molecule has 4 fully saturated rings. The van der Waals surface area contributed by atoms with Crippen LogP contribution in [0.1, 0.15) is 25.7 Å². The second kappa shape index (κ2) is 3.39. The highest BCUT2D eigenvalue weighted by atomic mass is 19.4. The minimum Gasteiger partial charge on any atom is -0.350 e. The van der Waals surface area contributed by atoms with Crippen molar-refractivity contribution in [2.75, 3.05) is 6.61 Å². The lowest BCUT2D eigenvalue weighted by molar-refractivity contribution is -0.326. The van der Waals surface area contributed by atoms with Crippen molar-refractivity contribution >= 4 is 5.91 Å². The molecule has 3 N–H and O–H groups in total. The predicted molar refractivity (Wildman–Crippen MR) is 55.2 cm³/mol. The van der Waals surface area contributed by atoms with Gasteiger partial charge in [0.05, 0.1) is 6.61 Å². The molecular formula is C11H15F3N2O2. The van der Waals surface area contributed by atoms with Crippen molar-refractivity contribution in [2.24, 2.45) is 17.6 Å². The van der Waals surface area contributed by atoms with Crippen molar-refractivity contribution in [1.29, 1.82) is 0 Å². The number of hydrogen-bond acceptors (Lipinski definition) is 3. The summed E-state index contributed by atoms with van der Waals surface area (Å²) in [6.45, 7) is -0.421. The van der Waals surface area contributed by atoms with E-state index >= 15 is 0 Å². The van der Waals surface area contributed by atoms with E-state index < -0.39 is 13.0 Å². The lowest BCUT2D eigenvalue weighted by Crippen LogP contribution is -2.82. The average Bonchev–Trinajstić information content (AvgIpc) is 2.88.